The second kappa shape index (κ2) is 4.11. The first kappa shape index (κ1) is 10.9. The van der Waals surface area contributed by atoms with Crippen LogP contribution >= 0.6 is 10.7 Å². The number of rotatable bonds is 3. The van der Waals surface area contributed by atoms with Crippen LogP contribution in [0.3, 0.4) is 0 Å². The molecule has 1 aliphatic rings. The van der Waals surface area contributed by atoms with Crippen LogP contribution in [-0.2, 0) is 19.5 Å². The first-order valence-corrected chi connectivity index (χ1v) is 7.02. The zero-order chi connectivity index (χ0) is 10.9. The molecule has 5 nitrogen and oxygen atoms in total. The van der Waals surface area contributed by atoms with Crippen LogP contribution in [0.5, 0.6) is 0 Å². The number of nitrogens with zero attached hydrogens (tertiary/aromatic N) is 1. The molecule has 1 fully saturated rings. The predicted molar refractivity (Wildman–Crippen MR) is 52.9 cm³/mol. The van der Waals surface area contributed by atoms with Crippen LogP contribution in [0.1, 0.15) is 30.4 Å². The molecule has 84 valence electrons. The first-order valence-electron chi connectivity index (χ1n) is 4.54. The third kappa shape index (κ3) is 2.93. The van der Waals surface area contributed by atoms with Crippen LogP contribution in [0.2, 0.25) is 0 Å². The molecule has 1 atom stereocenters. The molecule has 0 amide bonds. The fraction of sp³-hybridized carbons (Fsp3) is 0.625. The summed E-state index contributed by atoms with van der Waals surface area (Å²) in [6.07, 6.45) is 1.76. The van der Waals surface area contributed by atoms with E-state index in [1.54, 1.807) is 6.07 Å². The van der Waals surface area contributed by atoms with Crippen molar-refractivity contribution >= 4 is 19.7 Å². The Morgan fingerprint density at radius 1 is 1.60 bits per heavy atom. The van der Waals surface area contributed by atoms with Gasteiger partial charge in [0.15, 0.2) is 5.76 Å². The summed E-state index contributed by atoms with van der Waals surface area (Å²) in [7, 11) is 1.52. The molecule has 0 aromatic carbocycles. The van der Waals surface area contributed by atoms with Crippen molar-refractivity contribution < 1.29 is 17.7 Å². The van der Waals surface area contributed by atoms with Gasteiger partial charge in [0.2, 0.25) is 9.05 Å². The average Bonchev–Trinajstić information content (AvgIpc) is 2.68. The van der Waals surface area contributed by atoms with Gasteiger partial charge in [0.05, 0.1) is 0 Å². The average molecular weight is 252 g/mol. The quantitative estimate of drug-likeness (QED) is 0.763. The van der Waals surface area contributed by atoms with E-state index in [2.05, 4.69) is 5.16 Å². The topological polar surface area (TPSA) is 69.4 Å². The lowest BCUT2D eigenvalue weighted by atomic mass is 10.2. The van der Waals surface area contributed by atoms with Gasteiger partial charge in [-0.2, -0.15) is 0 Å². The Kier molecular flexibility index (Phi) is 2.99. The van der Waals surface area contributed by atoms with Crippen LogP contribution in [0.15, 0.2) is 10.6 Å². The molecule has 15 heavy (non-hydrogen) atoms. The smallest absolute Gasteiger partial charge is 0.238 e. The maximum absolute atomic E-state index is 10.8. The van der Waals surface area contributed by atoms with Crippen LogP contribution in [0, 0.1) is 0 Å². The molecule has 0 bridgehead atoms. The van der Waals surface area contributed by atoms with E-state index in [4.69, 9.17) is 19.9 Å². The summed E-state index contributed by atoms with van der Waals surface area (Å²) in [6, 6.07) is 1.58. The highest BCUT2D eigenvalue weighted by atomic mass is 35.7. The monoisotopic (exact) mass is 251 g/mol. The summed E-state index contributed by atoms with van der Waals surface area (Å²) in [5.41, 5.74) is 0.315. The number of halogens is 1. The Balaban J connectivity index is 2.10. The zero-order valence-electron chi connectivity index (χ0n) is 7.85. The Hall–Kier alpha value is -0.590. The molecule has 1 aromatic rings. The van der Waals surface area contributed by atoms with Gasteiger partial charge in [-0.05, 0) is 12.8 Å². The molecular formula is C8H10ClNO4S. The van der Waals surface area contributed by atoms with Gasteiger partial charge in [-0.3, -0.25) is 0 Å². The predicted octanol–water partition coefficient (Wildman–Crippen LogP) is 1.59. The SMILES string of the molecule is O=S(=O)(Cl)Cc1cc(C2CCCO2)on1. The molecule has 0 N–H and O–H groups in total. The van der Waals surface area contributed by atoms with Crippen molar-refractivity contribution in [2.75, 3.05) is 6.61 Å². The van der Waals surface area contributed by atoms with E-state index in [9.17, 15) is 8.42 Å². The van der Waals surface area contributed by atoms with Crippen molar-refractivity contribution in [2.45, 2.75) is 24.7 Å². The third-order valence-corrected chi connectivity index (χ3v) is 3.11. The van der Waals surface area contributed by atoms with Crippen molar-refractivity contribution in [1.82, 2.24) is 5.16 Å². The number of ether oxygens (including phenoxy) is 1. The summed E-state index contributed by atoms with van der Waals surface area (Å²) in [4.78, 5) is 0. The second-order valence-electron chi connectivity index (χ2n) is 3.41. The molecule has 2 heterocycles. The van der Waals surface area contributed by atoms with Crippen LogP contribution in [0.25, 0.3) is 0 Å². The van der Waals surface area contributed by atoms with Gasteiger partial charge in [-0.25, -0.2) is 8.42 Å². The minimum Gasteiger partial charge on any atom is -0.370 e. The summed E-state index contributed by atoms with van der Waals surface area (Å²) in [5.74, 6) is 0.257. The first-order chi connectivity index (χ1) is 7.04. The van der Waals surface area contributed by atoms with Crippen molar-refractivity contribution in [3.05, 3.63) is 17.5 Å². The van der Waals surface area contributed by atoms with Crippen molar-refractivity contribution in [1.29, 1.82) is 0 Å². The van der Waals surface area contributed by atoms with Gasteiger partial charge in [0.25, 0.3) is 0 Å². The highest BCUT2D eigenvalue weighted by Crippen LogP contribution is 2.29. The lowest BCUT2D eigenvalue weighted by molar-refractivity contribution is 0.0877. The third-order valence-electron chi connectivity index (χ3n) is 2.14. The molecule has 1 aromatic heterocycles. The standard InChI is InChI=1S/C8H10ClNO4S/c9-15(11,12)5-6-4-8(14-10-6)7-2-1-3-13-7/h4,7H,1-3,5H2. The number of hydrogen-bond donors (Lipinski definition) is 0. The molecule has 0 spiro atoms. The Morgan fingerprint density at radius 3 is 3.00 bits per heavy atom. The Bertz CT molecular complexity index is 435. The lowest BCUT2D eigenvalue weighted by Crippen LogP contribution is -1.95. The highest BCUT2D eigenvalue weighted by Gasteiger charge is 2.23. The van der Waals surface area contributed by atoms with E-state index >= 15 is 0 Å². The lowest BCUT2D eigenvalue weighted by Gasteiger charge is -2.01. The van der Waals surface area contributed by atoms with Gasteiger partial charge >= 0.3 is 0 Å². The molecule has 0 radical (unpaired) electrons. The molecule has 1 unspecified atom stereocenters. The largest absolute Gasteiger partial charge is 0.370 e. The summed E-state index contributed by atoms with van der Waals surface area (Å²) in [6.45, 7) is 0.703. The van der Waals surface area contributed by atoms with Gasteiger partial charge in [-0.15, -0.1) is 0 Å². The maximum atomic E-state index is 10.8. The van der Waals surface area contributed by atoms with Crippen LogP contribution < -0.4 is 0 Å². The summed E-state index contributed by atoms with van der Waals surface area (Å²) >= 11 is 0. The molecule has 1 aliphatic heterocycles. The van der Waals surface area contributed by atoms with E-state index in [1.165, 1.54) is 0 Å². The Morgan fingerprint density at radius 2 is 2.40 bits per heavy atom. The molecule has 7 heteroatoms. The van der Waals surface area contributed by atoms with Crippen LogP contribution in [-0.4, -0.2) is 20.2 Å². The van der Waals surface area contributed by atoms with Crippen molar-refractivity contribution in [2.24, 2.45) is 0 Å². The Labute approximate surface area is 91.8 Å². The van der Waals surface area contributed by atoms with E-state index in [0.717, 1.165) is 12.8 Å². The molecule has 2 rings (SSSR count). The second-order valence-corrected chi connectivity index (χ2v) is 6.18. The van der Waals surface area contributed by atoms with E-state index in [0.29, 0.717) is 18.1 Å². The molecule has 1 saturated heterocycles. The zero-order valence-corrected chi connectivity index (χ0v) is 9.42. The van der Waals surface area contributed by atoms with Crippen LogP contribution in [0.4, 0.5) is 0 Å². The maximum Gasteiger partial charge on any atom is 0.238 e. The normalized spacial score (nSPS) is 22.1. The number of hydrogen-bond acceptors (Lipinski definition) is 5. The summed E-state index contributed by atoms with van der Waals surface area (Å²) in [5, 5.41) is 3.63. The van der Waals surface area contributed by atoms with E-state index in [-0.39, 0.29) is 11.9 Å². The molecule has 0 saturated carbocycles. The van der Waals surface area contributed by atoms with Crippen molar-refractivity contribution in [3.8, 4) is 0 Å². The molecule has 0 aliphatic carbocycles. The summed E-state index contributed by atoms with van der Waals surface area (Å²) < 4.78 is 31.9. The van der Waals surface area contributed by atoms with Crippen molar-refractivity contribution in [3.63, 3.8) is 0 Å². The van der Waals surface area contributed by atoms with E-state index in [1.807, 2.05) is 0 Å². The minimum atomic E-state index is -3.58. The fourth-order valence-corrected chi connectivity index (χ4v) is 2.35. The van der Waals surface area contributed by atoms with Gasteiger partial charge < -0.3 is 9.26 Å². The highest BCUT2D eigenvalue weighted by molar-refractivity contribution is 8.13. The molecular weight excluding hydrogens is 242 g/mol. The van der Waals surface area contributed by atoms with Gasteiger partial charge in [-0.1, -0.05) is 5.16 Å². The minimum absolute atomic E-state index is 0.0933. The van der Waals surface area contributed by atoms with E-state index < -0.39 is 9.05 Å². The van der Waals surface area contributed by atoms with Gasteiger partial charge in [0, 0.05) is 23.4 Å². The van der Waals surface area contributed by atoms with Gasteiger partial charge in [0.1, 0.15) is 17.6 Å². The number of aromatic nitrogens is 1. The fourth-order valence-electron chi connectivity index (χ4n) is 1.53.